The first-order valence-electron chi connectivity index (χ1n) is 6.03. The van der Waals surface area contributed by atoms with Crippen molar-refractivity contribution in [3.63, 3.8) is 0 Å². The van der Waals surface area contributed by atoms with Crippen LogP contribution in [-0.4, -0.2) is 42.2 Å². The van der Waals surface area contributed by atoms with Crippen LogP contribution in [0.2, 0.25) is 0 Å². The van der Waals surface area contributed by atoms with Gasteiger partial charge >= 0.3 is 6.03 Å². The Morgan fingerprint density at radius 1 is 1.39 bits per heavy atom. The molecule has 18 heavy (non-hydrogen) atoms. The van der Waals surface area contributed by atoms with Crippen LogP contribution in [-0.2, 0) is 4.79 Å². The van der Waals surface area contributed by atoms with Crippen LogP contribution in [0, 0.1) is 0 Å². The minimum absolute atomic E-state index is 0.0733. The summed E-state index contributed by atoms with van der Waals surface area (Å²) in [6.45, 7) is 1.10. The number of nitrogens with zero attached hydrogens (tertiary/aromatic N) is 2. The number of hydrogen-bond acceptors (Lipinski definition) is 4. The zero-order valence-corrected chi connectivity index (χ0v) is 9.85. The van der Waals surface area contributed by atoms with E-state index in [1.165, 1.54) is 0 Å². The second-order valence-electron chi connectivity index (χ2n) is 4.42. The number of carbonyl (C=O) groups is 2. The van der Waals surface area contributed by atoms with Gasteiger partial charge in [-0.25, -0.2) is 4.79 Å². The van der Waals surface area contributed by atoms with Gasteiger partial charge in [-0.05, 0) is 12.5 Å². The summed E-state index contributed by atoms with van der Waals surface area (Å²) in [6.07, 6.45) is 6.97. The van der Waals surface area contributed by atoms with Crippen LogP contribution in [0.1, 0.15) is 12.8 Å². The number of amides is 3. The maximum Gasteiger partial charge on any atom is 0.328 e. The number of fused-ring (bicyclic) bond motifs is 1. The molecule has 6 nitrogen and oxygen atoms in total. The monoisotopic (exact) mass is 246 g/mol. The van der Waals surface area contributed by atoms with Crippen molar-refractivity contribution in [1.82, 2.24) is 15.5 Å². The summed E-state index contributed by atoms with van der Waals surface area (Å²) < 4.78 is 0. The highest BCUT2D eigenvalue weighted by atomic mass is 16.2. The third-order valence-electron chi connectivity index (χ3n) is 3.26. The van der Waals surface area contributed by atoms with Crippen molar-refractivity contribution in [3.8, 4) is 0 Å². The van der Waals surface area contributed by atoms with Crippen molar-refractivity contribution < 1.29 is 9.59 Å². The van der Waals surface area contributed by atoms with Crippen molar-refractivity contribution in [2.75, 3.05) is 13.1 Å². The summed E-state index contributed by atoms with van der Waals surface area (Å²) in [5.74, 6) is -0.215. The summed E-state index contributed by atoms with van der Waals surface area (Å²) >= 11 is 0. The van der Waals surface area contributed by atoms with E-state index in [-0.39, 0.29) is 18.0 Å². The van der Waals surface area contributed by atoms with Gasteiger partial charge < -0.3 is 5.32 Å². The van der Waals surface area contributed by atoms with E-state index in [2.05, 4.69) is 15.6 Å². The Morgan fingerprint density at radius 3 is 3.11 bits per heavy atom. The molecular formula is C12H14N4O2. The lowest BCUT2D eigenvalue weighted by Crippen LogP contribution is -2.50. The number of aliphatic imine (C=N–C) groups is 1. The number of carbonyl (C=O) groups excluding carboxylic acids is 2. The van der Waals surface area contributed by atoms with Crippen LogP contribution in [0.3, 0.4) is 0 Å². The quantitative estimate of drug-likeness (QED) is 0.691. The molecule has 0 aromatic heterocycles. The third kappa shape index (κ3) is 1.79. The lowest BCUT2D eigenvalue weighted by molar-refractivity contribution is -0.121. The molecule has 3 aliphatic rings. The van der Waals surface area contributed by atoms with Crippen LogP contribution in [0.5, 0.6) is 0 Å². The second kappa shape index (κ2) is 4.29. The van der Waals surface area contributed by atoms with E-state index in [9.17, 15) is 9.59 Å². The maximum atomic E-state index is 11.8. The molecule has 1 atom stereocenters. The molecule has 0 unspecified atom stereocenters. The van der Waals surface area contributed by atoms with Gasteiger partial charge in [-0.1, -0.05) is 6.08 Å². The Morgan fingerprint density at radius 2 is 2.28 bits per heavy atom. The standard InChI is InChI=1S/C12H14N4O2/c17-10-4-7-16(12(18)15-10)9-3-1-2-8-11(9)14-6-5-13-8/h1,3,5,8,14H,2,4,6-7H2,(H,15,17,18)/t8-/m1/s1. The average Bonchev–Trinajstić information content (AvgIpc) is 2.38. The summed E-state index contributed by atoms with van der Waals surface area (Å²) in [6, 6.07) is -0.278. The van der Waals surface area contributed by atoms with Crippen molar-refractivity contribution in [2.45, 2.75) is 18.9 Å². The van der Waals surface area contributed by atoms with Gasteiger partial charge in [-0.15, -0.1) is 0 Å². The SMILES string of the molecule is O=C1CCN(C2=C3NCC=N[C@@H]3CC=C2)C(=O)N1. The van der Waals surface area contributed by atoms with Gasteiger partial charge in [0.25, 0.3) is 0 Å². The van der Waals surface area contributed by atoms with Crippen LogP contribution in [0.15, 0.2) is 28.5 Å². The van der Waals surface area contributed by atoms with Gasteiger partial charge in [0, 0.05) is 25.7 Å². The second-order valence-corrected chi connectivity index (χ2v) is 4.42. The Labute approximate surface area is 104 Å². The highest BCUT2D eigenvalue weighted by molar-refractivity contribution is 5.97. The number of allylic oxidation sites excluding steroid dienone is 1. The lowest BCUT2D eigenvalue weighted by Gasteiger charge is -2.33. The van der Waals surface area contributed by atoms with E-state index in [0.29, 0.717) is 19.5 Å². The molecular weight excluding hydrogens is 232 g/mol. The van der Waals surface area contributed by atoms with Gasteiger partial charge in [0.2, 0.25) is 5.91 Å². The molecule has 1 fully saturated rings. The number of urea groups is 1. The Balaban J connectivity index is 1.92. The average molecular weight is 246 g/mol. The number of nitrogens with one attached hydrogen (secondary N) is 2. The molecule has 0 saturated carbocycles. The molecule has 3 amide bonds. The van der Waals surface area contributed by atoms with E-state index >= 15 is 0 Å². The zero-order chi connectivity index (χ0) is 12.5. The lowest BCUT2D eigenvalue weighted by atomic mass is 10.0. The molecule has 94 valence electrons. The molecule has 3 rings (SSSR count). The number of hydrogen-bond donors (Lipinski definition) is 2. The molecule has 0 aromatic rings. The topological polar surface area (TPSA) is 73.8 Å². The van der Waals surface area contributed by atoms with Gasteiger partial charge in [0.05, 0.1) is 17.4 Å². The van der Waals surface area contributed by atoms with Crippen LogP contribution >= 0.6 is 0 Å². The number of imide groups is 1. The molecule has 6 heteroatoms. The normalized spacial score (nSPS) is 26.9. The smallest absolute Gasteiger partial charge is 0.328 e. The van der Waals surface area contributed by atoms with Gasteiger partial charge in [0.15, 0.2) is 0 Å². The molecule has 0 spiro atoms. The van der Waals surface area contributed by atoms with Crippen molar-refractivity contribution >= 4 is 18.2 Å². The third-order valence-corrected chi connectivity index (χ3v) is 3.26. The molecule has 0 bridgehead atoms. The highest BCUT2D eigenvalue weighted by Crippen LogP contribution is 2.25. The summed E-state index contributed by atoms with van der Waals surface area (Å²) in [5, 5.41) is 5.61. The van der Waals surface area contributed by atoms with E-state index in [1.807, 2.05) is 18.4 Å². The van der Waals surface area contributed by atoms with Gasteiger partial charge in [-0.3, -0.25) is 20.0 Å². The molecule has 0 aromatic carbocycles. The van der Waals surface area contributed by atoms with Crippen LogP contribution < -0.4 is 10.6 Å². The fraction of sp³-hybridized carbons (Fsp3) is 0.417. The molecule has 1 aliphatic carbocycles. The molecule has 0 radical (unpaired) electrons. The van der Waals surface area contributed by atoms with Gasteiger partial charge in [-0.2, -0.15) is 0 Å². The molecule has 2 aliphatic heterocycles. The van der Waals surface area contributed by atoms with E-state index in [0.717, 1.165) is 17.8 Å². The van der Waals surface area contributed by atoms with E-state index < -0.39 is 0 Å². The molecule has 2 heterocycles. The Bertz CT molecular complexity index is 492. The van der Waals surface area contributed by atoms with Crippen LogP contribution in [0.4, 0.5) is 4.79 Å². The predicted octanol–water partition coefficient (Wildman–Crippen LogP) is 0.142. The zero-order valence-electron chi connectivity index (χ0n) is 9.85. The van der Waals surface area contributed by atoms with Crippen molar-refractivity contribution in [2.24, 2.45) is 4.99 Å². The Hall–Kier alpha value is -2.11. The number of rotatable bonds is 1. The fourth-order valence-electron chi connectivity index (χ4n) is 2.40. The maximum absolute atomic E-state index is 11.8. The first kappa shape index (κ1) is 11.0. The fourth-order valence-corrected chi connectivity index (χ4v) is 2.40. The largest absolute Gasteiger partial charge is 0.380 e. The van der Waals surface area contributed by atoms with E-state index in [4.69, 9.17) is 0 Å². The minimum atomic E-state index is -0.351. The van der Waals surface area contributed by atoms with Crippen molar-refractivity contribution in [1.29, 1.82) is 0 Å². The summed E-state index contributed by atoms with van der Waals surface area (Å²) in [4.78, 5) is 29.0. The first-order chi connectivity index (χ1) is 8.75. The highest BCUT2D eigenvalue weighted by Gasteiger charge is 2.30. The predicted molar refractivity (Wildman–Crippen MR) is 65.9 cm³/mol. The first-order valence-corrected chi connectivity index (χ1v) is 6.03. The summed E-state index contributed by atoms with van der Waals surface area (Å²) in [5.41, 5.74) is 1.80. The van der Waals surface area contributed by atoms with Crippen molar-refractivity contribution in [3.05, 3.63) is 23.5 Å². The minimum Gasteiger partial charge on any atom is -0.380 e. The molecule has 1 saturated heterocycles. The van der Waals surface area contributed by atoms with Gasteiger partial charge in [0.1, 0.15) is 0 Å². The summed E-state index contributed by atoms with van der Waals surface area (Å²) in [7, 11) is 0. The molecule has 2 N–H and O–H groups in total. The van der Waals surface area contributed by atoms with E-state index in [1.54, 1.807) is 4.90 Å². The van der Waals surface area contributed by atoms with Crippen LogP contribution in [0.25, 0.3) is 0 Å². The Kier molecular flexibility index (Phi) is 2.62.